The molecule has 0 aliphatic rings. The van der Waals surface area contributed by atoms with E-state index in [0.29, 0.717) is 0 Å². The molecule has 11 heteroatoms. The van der Waals surface area contributed by atoms with E-state index in [9.17, 15) is 19.7 Å². The number of hydrogen-bond donors (Lipinski definition) is 3. The van der Waals surface area contributed by atoms with Gasteiger partial charge in [0.1, 0.15) is 0 Å². The lowest BCUT2D eigenvalue weighted by atomic mass is 10.2. The van der Waals surface area contributed by atoms with Gasteiger partial charge in [-0.05, 0) is 36.5 Å². The minimum absolute atomic E-state index is 0.00977. The molecular weight excluding hydrogens is 405 g/mol. The number of thiocarbonyl (C=S) groups is 1. The van der Waals surface area contributed by atoms with E-state index >= 15 is 0 Å². The zero-order chi connectivity index (χ0) is 19.4. The molecule has 2 aromatic rings. The number of rotatable bonds is 4. The molecule has 0 atom stereocenters. The fraction of sp³-hybridized carbons (Fsp3) is 0. The first-order valence-electron chi connectivity index (χ1n) is 6.78. The Bertz CT molecular complexity index is 935. The second-order valence-corrected chi connectivity index (χ2v) is 6.05. The standard InChI is InChI=1S/C15H9Cl2N3O5S/c16-11-4-2-8(20(24)25)6-9(11)13(21)19-15(26)18-7-1-3-12(17)10(5-7)14(22)23/h1-6H,(H,22,23)(H2,18,19,21,26). The molecule has 0 bridgehead atoms. The Balaban J connectivity index is 2.14. The summed E-state index contributed by atoms with van der Waals surface area (Å²) in [6.45, 7) is 0. The first-order chi connectivity index (χ1) is 12.2. The summed E-state index contributed by atoms with van der Waals surface area (Å²) in [5, 5.41) is 24.7. The van der Waals surface area contributed by atoms with Crippen molar-refractivity contribution in [3.05, 3.63) is 67.7 Å². The summed E-state index contributed by atoms with van der Waals surface area (Å²) >= 11 is 16.6. The van der Waals surface area contributed by atoms with Crippen LogP contribution in [0, 0.1) is 10.1 Å². The largest absolute Gasteiger partial charge is 0.478 e. The maximum absolute atomic E-state index is 12.2. The van der Waals surface area contributed by atoms with E-state index in [4.69, 9.17) is 40.5 Å². The van der Waals surface area contributed by atoms with Crippen LogP contribution in [0.2, 0.25) is 10.0 Å². The van der Waals surface area contributed by atoms with E-state index in [1.54, 1.807) is 0 Å². The molecule has 0 aromatic heterocycles. The number of aromatic carboxylic acids is 1. The van der Waals surface area contributed by atoms with Gasteiger partial charge in [-0.2, -0.15) is 0 Å². The minimum atomic E-state index is -1.23. The number of nitro benzene ring substituents is 1. The summed E-state index contributed by atoms with van der Waals surface area (Å²) in [7, 11) is 0. The van der Waals surface area contributed by atoms with Gasteiger partial charge in [0, 0.05) is 17.8 Å². The zero-order valence-corrected chi connectivity index (χ0v) is 15.0. The van der Waals surface area contributed by atoms with Crippen LogP contribution in [0.4, 0.5) is 11.4 Å². The van der Waals surface area contributed by atoms with Gasteiger partial charge in [-0.25, -0.2) is 4.79 Å². The van der Waals surface area contributed by atoms with E-state index in [1.165, 1.54) is 24.3 Å². The fourth-order valence-electron chi connectivity index (χ4n) is 1.90. The normalized spacial score (nSPS) is 10.1. The molecule has 2 aromatic carbocycles. The molecule has 1 amide bonds. The van der Waals surface area contributed by atoms with E-state index in [0.717, 1.165) is 12.1 Å². The van der Waals surface area contributed by atoms with Crippen molar-refractivity contribution in [3.8, 4) is 0 Å². The third-order valence-electron chi connectivity index (χ3n) is 3.09. The molecule has 26 heavy (non-hydrogen) atoms. The smallest absolute Gasteiger partial charge is 0.337 e. The lowest BCUT2D eigenvalue weighted by Crippen LogP contribution is -2.34. The number of carboxylic acids is 1. The van der Waals surface area contributed by atoms with Crippen LogP contribution in [0.5, 0.6) is 0 Å². The third kappa shape index (κ3) is 4.66. The van der Waals surface area contributed by atoms with Gasteiger partial charge in [0.2, 0.25) is 0 Å². The predicted molar refractivity (Wildman–Crippen MR) is 100 cm³/mol. The van der Waals surface area contributed by atoms with Gasteiger partial charge in [0.05, 0.1) is 26.1 Å². The van der Waals surface area contributed by atoms with E-state index < -0.39 is 16.8 Å². The molecule has 0 aliphatic carbocycles. The van der Waals surface area contributed by atoms with Gasteiger partial charge in [-0.1, -0.05) is 23.2 Å². The Morgan fingerprint density at radius 2 is 1.69 bits per heavy atom. The Morgan fingerprint density at radius 1 is 1.08 bits per heavy atom. The number of nitrogens with zero attached hydrogens (tertiary/aromatic N) is 1. The maximum Gasteiger partial charge on any atom is 0.337 e. The summed E-state index contributed by atoms with van der Waals surface area (Å²) in [4.78, 5) is 33.4. The number of halogens is 2. The molecule has 0 fully saturated rings. The van der Waals surface area contributed by atoms with Crippen molar-refractivity contribution < 1.29 is 19.6 Å². The molecule has 8 nitrogen and oxygen atoms in total. The third-order valence-corrected chi connectivity index (χ3v) is 3.95. The molecular formula is C15H9Cl2N3O5S. The zero-order valence-electron chi connectivity index (χ0n) is 12.7. The molecule has 0 unspecified atom stereocenters. The van der Waals surface area contributed by atoms with Crippen molar-refractivity contribution in [3.63, 3.8) is 0 Å². The summed E-state index contributed by atoms with van der Waals surface area (Å²) in [5.74, 6) is -1.99. The summed E-state index contributed by atoms with van der Waals surface area (Å²) in [5.41, 5.74) is -0.302. The van der Waals surface area contributed by atoms with Gasteiger partial charge in [-0.3, -0.25) is 20.2 Å². The Hall–Kier alpha value is -2.75. The number of nitro groups is 1. The minimum Gasteiger partial charge on any atom is -0.478 e. The highest BCUT2D eigenvalue weighted by Gasteiger charge is 2.17. The number of hydrogen-bond acceptors (Lipinski definition) is 5. The second kappa shape index (κ2) is 8.09. The Kier molecular flexibility index (Phi) is 6.09. The number of nitrogens with one attached hydrogen (secondary N) is 2. The molecule has 2 rings (SSSR count). The number of carbonyl (C=O) groups excluding carboxylic acids is 1. The van der Waals surface area contributed by atoms with Crippen LogP contribution in [-0.2, 0) is 0 Å². The summed E-state index contributed by atoms with van der Waals surface area (Å²) < 4.78 is 0. The monoisotopic (exact) mass is 413 g/mol. The number of benzene rings is 2. The Labute approximate surface area is 161 Å². The van der Waals surface area contributed by atoms with Crippen molar-refractivity contribution in [2.24, 2.45) is 0 Å². The van der Waals surface area contributed by atoms with Gasteiger partial charge in [0.15, 0.2) is 5.11 Å². The molecule has 134 valence electrons. The SMILES string of the molecule is O=C(O)c1cc(NC(=S)NC(=O)c2cc([N+](=O)[O-])ccc2Cl)ccc1Cl. The lowest BCUT2D eigenvalue weighted by Gasteiger charge is -2.11. The maximum atomic E-state index is 12.2. The molecule has 0 saturated heterocycles. The van der Waals surface area contributed by atoms with Crippen LogP contribution < -0.4 is 10.6 Å². The molecule has 0 saturated carbocycles. The van der Waals surface area contributed by atoms with E-state index in [-0.39, 0.29) is 37.7 Å². The highest BCUT2D eigenvalue weighted by molar-refractivity contribution is 7.80. The number of anilines is 1. The van der Waals surface area contributed by atoms with Crippen LogP contribution in [0.1, 0.15) is 20.7 Å². The molecule has 3 N–H and O–H groups in total. The first-order valence-corrected chi connectivity index (χ1v) is 7.94. The van der Waals surface area contributed by atoms with E-state index in [1.807, 2.05) is 0 Å². The van der Waals surface area contributed by atoms with Gasteiger partial charge in [0.25, 0.3) is 11.6 Å². The van der Waals surface area contributed by atoms with Crippen molar-refractivity contribution in [2.75, 3.05) is 5.32 Å². The first kappa shape index (κ1) is 19.6. The van der Waals surface area contributed by atoms with Crippen LogP contribution in [0.25, 0.3) is 0 Å². The number of carbonyl (C=O) groups is 2. The lowest BCUT2D eigenvalue weighted by molar-refractivity contribution is -0.384. The summed E-state index contributed by atoms with van der Waals surface area (Å²) in [6, 6.07) is 7.47. The van der Waals surface area contributed by atoms with Crippen LogP contribution in [-0.4, -0.2) is 27.0 Å². The highest BCUT2D eigenvalue weighted by Crippen LogP contribution is 2.23. The molecule has 0 radical (unpaired) electrons. The molecule has 0 aliphatic heterocycles. The van der Waals surface area contributed by atoms with Crippen LogP contribution in [0.15, 0.2) is 36.4 Å². The van der Waals surface area contributed by atoms with Crippen LogP contribution >= 0.6 is 35.4 Å². The van der Waals surface area contributed by atoms with E-state index in [2.05, 4.69) is 10.6 Å². The Morgan fingerprint density at radius 3 is 2.31 bits per heavy atom. The fourth-order valence-corrected chi connectivity index (χ4v) is 2.51. The number of amides is 1. The quantitative estimate of drug-likeness (QED) is 0.396. The van der Waals surface area contributed by atoms with Crippen molar-refractivity contribution in [2.45, 2.75) is 0 Å². The molecule has 0 heterocycles. The topological polar surface area (TPSA) is 122 Å². The van der Waals surface area contributed by atoms with Gasteiger partial charge >= 0.3 is 5.97 Å². The van der Waals surface area contributed by atoms with Crippen molar-refractivity contribution in [1.82, 2.24) is 5.32 Å². The van der Waals surface area contributed by atoms with Gasteiger partial charge < -0.3 is 10.4 Å². The van der Waals surface area contributed by atoms with Gasteiger partial charge in [-0.15, -0.1) is 0 Å². The average Bonchev–Trinajstić information content (AvgIpc) is 2.56. The average molecular weight is 414 g/mol. The molecule has 0 spiro atoms. The van der Waals surface area contributed by atoms with Crippen LogP contribution in [0.3, 0.4) is 0 Å². The predicted octanol–water partition coefficient (Wildman–Crippen LogP) is 3.73. The number of carboxylic acid groups (broad SMARTS) is 1. The summed E-state index contributed by atoms with van der Waals surface area (Å²) in [6.07, 6.45) is 0. The number of non-ortho nitro benzene ring substituents is 1. The van der Waals surface area contributed by atoms with Crippen molar-refractivity contribution >= 4 is 63.8 Å². The highest BCUT2D eigenvalue weighted by atomic mass is 35.5. The second-order valence-electron chi connectivity index (χ2n) is 4.83. The van der Waals surface area contributed by atoms with Crippen molar-refractivity contribution in [1.29, 1.82) is 0 Å².